The molecule has 1 aromatic rings. The highest BCUT2D eigenvalue weighted by molar-refractivity contribution is 6.35. The van der Waals surface area contributed by atoms with E-state index in [-0.39, 0.29) is 17.3 Å². The Balaban J connectivity index is 2.81. The minimum atomic E-state index is -1.16. The third kappa shape index (κ3) is 5.18. The van der Waals surface area contributed by atoms with E-state index in [1.54, 1.807) is 6.07 Å². The summed E-state index contributed by atoms with van der Waals surface area (Å²) < 4.78 is 5.43. The van der Waals surface area contributed by atoms with Gasteiger partial charge in [-0.25, -0.2) is 0 Å². The molecule has 21 heavy (non-hydrogen) atoms. The highest BCUT2D eigenvalue weighted by atomic mass is 35.5. The van der Waals surface area contributed by atoms with Crippen LogP contribution in [-0.4, -0.2) is 41.1 Å². The van der Waals surface area contributed by atoms with Gasteiger partial charge >= 0.3 is 5.97 Å². The molecule has 1 N–H and O–H groups in total. The van der Waals surface area contributed by atoms with Crippen LogP contribution in [0.15, 0.2) is 18.2 Å². The van der Waals surface area contributed by atoms with Crippen molar-refractivity contribution in [2.45, 2.75) is 13.0 Å². The summed E-state index contributed by atoms with van der Waals surface area (Å²) in [7, 11) is 0. The summed E-state index contributed by atoms with van der Waals surface area (Å²) in [5.74, 6) is 0.813. The second-order valence-corrected chi connectivity index (χ2v) is 4.97. The Labute approximate surface area is 132 Å². The van der Waals surface area contributed by atoms with Crippen LogP contribution in [0.5, 0.6) is 5.75 Å². The van der Waals surface area contributed by atoms with E-state index in [0.717, 1.165) is 4.90 Å². The number of carbonyl (C=O) groups is 2. The molecule has 0 aliphatic carbocycles. The third-order valence-electron chi connectivity index (χ3n) is 2.47. The summed E-state index contributed by atoms with van der Waals surface area (Å²) in [6.45, 7) is 0.872. The van der Waals surface area contributed by atoms with Gasteiger partial charge < -0.3 is 14.7 Å². The molecule has 0 bridgehead atoms. The molecule has 1 rings (SSSR count). The number of benzene rings is 1. The van der Waals surface area contributed by atoms with Gasteiger partial charge in [-0.3, -0.25) is 9.59 Å². The minimum Gasteiger partial charge on any atom is -0.480 e. The number of terminal acetylenes is 1. The molecule has 5 nitrogen and oxygen atoms in total. The van der Waals surface area contributed by atoms with Gasteiger partial charge in [0.15, 0.2) is 6.10 Å². The highest BCUT2D eigenvalue weighted by Crippen LogP contribution is 2.28. The van der Waals surface area contributed by atoms with Crippen LogP contribution in [0.3, 0.4) is 0 Å². The molecule has 0 spiro atoms. The maximum absolute atomic E-state index is 12.1. The van der Waals surface area contributed by atoms with Crippen molar-refractivity contribution in [3.63, 3.8) is 0 Å². The van der Waals surface area contributed by atoms with Crippen molar-refractivity contribution < 1.29 is 19.4 Å². The van der Waals surface area contributed by atoms with Crippen LogP contribution < -0.4 is 4.74 Å². The predicted molar refractivity (Wildman–Crippen MR) is 79.6 cm³/mol. The number of ether oxygens (including phenoxy) is 1. The maximum Gasteiger partial charge on any atom is 0.323 e. The second-order valence-electron chi connectivity index (χ2n) is 4.13. The number of rotatable bonds is 6. The lowest BCUT2D eigenvalue weighted by atomic mass is 10.3. The number of halogens is 2. The Kier molecular flexibility index (Phi) is 6.35. The number of carboxylic acid groups (broad SMARTS) is 1. The van der Waals surface area contributed by atoms with Crippen LogP contribution in [0.2, 0.25) is 10.0 Å². The van der Waals surface area contributed by atoms with E-state index in [4.69, 9.17) is 39.5 Å². The lowest BCUT2D eigenvalue weighted by Gasteiger charge is -2.23. The van der Waals surface area contributed by atoms with E-state index < -0.39 is 24.5 Å². The molecule has 112 valence electrons. The SMILES string of the molecule is C#CCN(CC(=O)O)C(=O)C(C)Oc1ccc(Cl)cc1Cl. The van der Waals surface area contributed by atoms with Crippen molar-refractivity contribution in [3.8, 4) is 18.1 Å². The molecular formula is C14H13Cl2NO4. The molecule has 0 saturated carbocycles. The van der Waals surface area contributed by atoms with Crippen molar-refractivity contribution in [2.75, 3.05) is 13.1 Å². The number of nitrogens with zero attached hydrogens (tertiary/aromatic N) is 1. The number of carboxylic acids is 1. The van der Waals surface area contributed by atoms with Gasteiger partial charge in [-0.2, -0.15) is 0 Å². The Hall–Kier alpha value is -1.90. The first-order chi connectivity index (χ1) is 9.85. The van der Waals surface area contributed by atoms with Crippen molar-refractivity contribution >= 4 is 35.1 Å². The van der Waals surface area contributed by atoms with Gasteiger partial charge in [-0.15, -0.1) is 6.42 Å². The van der Waals surface area contributed by atoms with Gasteiger partial charge in [0.1, 0.15) is 12.3 Å². The quantitative estimate of drug-likeness (QED) is 0.813. The van der Waals surface area contributed by atoms with Gasteiger partial charge in [0.05, 0.1) is 11.6 Å². The van der Waals surface area contributed by atoms with Crippen molar-refractivity contribution in [3.05, 3.63) is 28.2 Å². The van der Waals surface area contributed by atoms with Crippen LogP contribution in [0, 0.1) is 12.3 Å². The first-order valence-electron chi connectivity index (χ1n) is 5.91. The van der Waals surface area contributed by atoms with Gasteiger partial charge in [0, 0.05) is 5.02 Å². The molecule has 0 aliphatic heterocycles. The first kappa shape index (κ1) is 17.2. The summed E-state index contributed by atoms with van der Waals surface area (Å²) in [5, 5.41) is 9.46. The van der Waals surface area contributed by atoms with Crippen molar-refractivity contribution in [1.29, 1.82) is 0 Å². The normalized spacial score (nSPS) is 11.3. The average Bonchev–Trinajstić information content (AvgIpc) is 2.40. The summed E-state index contributed by atoms with van der Waals surface area (Å²) >= 11 is 11.7. The number of carbonyl (C=O) groups excluding carboxylic acids is 1. The molecule has 1 aromatic carbocycles. The van der Waals surface area contributed by atoms with Crippen LogP contribution >= 0.6 is 23.2 Å². The molecule has 0 fully saturated rings. The summed E-state index contributed by atoms with van der Waals surface area (Å²) in [5.41, 5.74) is 0. The molecule has 1 amide bonds. The number of hydrogen-bond acceptors (Lipinski definition) is 3. The molecule has 0 radical (unpaired) electrons. The molecule has 0 saturated heterocycles. The molecule has 0 aliphatic rings. The highest BCUT2D eigenvalue weighted by Gasteiger charge is 2.24. The van der Waals surface area contributed by atoms with Gasteiger partial charge in [0.2, 0.25) is 0 Å². The number of amides is 1. The lowest BCUT2D eigenvalue weighted by Crippen LogP contribution is -2.43. The Bertz CT molecular complexity index is 583. The minimum absolute atomic E-state index is 0.118. The zero-order valence-electron chi connectivity index (χ0n) is 11.2. The first-order valence-corrected chi connectivity index (χ1v) is 6.66. The maximum atomic E-state index is 12.1. The van der Waals surface area contributed by atoms with Crippen LogP contribution in [0.4, 0.5) is 0 Å². The topological polar surface area (TPSA) is 66.8 Å². The van der Waals surface area contributed by atoms with E-state index >= 15 is 0 Å². The fourth-order valence-electron chi connectivity index (χ4n) is 1.55. The molecule has 7 heteroatoms. The monoisotopic (exact) mass is 329 g/mol. The van der Waals surface area contributed by atoms with Crippen molar-refractivity contribution in [1.82, 2.24) is 4.90 Å². The van der Waals surface area contributed by atoms with Crippen LogP contribution in [0.1, 0.15) is 6.92 Å². The Morgan fingerprint density at radius 3 is 2.67 bits per heavy atom. The van der Waals surface area contributed by atoms with Gasteiger partial charge in [-0.05, 0) is 25.1 Å². The average molecular weight is 330 g/mol. The number of aliphatic carboxylic acids is 1. The van der Waals surface area contributed by atoms with E-state index in [0.29, 0.717) is 5.02 Å². The fraction of sp³-hybridized carbons (Fsp3) is 0.286. The van der Waals surface area contributed by atoms with Crippen LogP contribution in [-0.2, 0) is 9.59 Å². The predicted octanol–water partition coefficient (Wildman–Crippen LogP) is 2.31. The molecule has 1 unspecified atom stereocenters. The summed E-state index contributed by atoms with van der Waals surface area (Å²) in [6.07, 6.45) is 4.19. The molecular weight excluding hydrogens is 317 g/mol. The Morgan fingerprint density at radius 2 is 2.14 bits per heavy atom. The molecule has 0 heterocycles. The smallest absolute Gasteiger partial charge is 0.323 e. The molecule has 0 aromatic heterocycles. The van der Waals surface area contributed by atoms with E-state index in [9.17, 15) is 9.59 Å². The van der Waals surface area contributed by atoms with Gasteiger partial charge in [0.25, 0.3) is 5.91 Å². The lowest BCUT2D eigenvalue weighted by molar-refractivity contribution is -0.146. The Morgan fingerprint density at radius 1 is 1.48 bits per heavy atom. The standard InChI is InChI=1S/C14H13Cl2NO4/c1-3-6-17(8-13(18)19)14(20)9(2)21-12-5-4-10(15)7-11(12)16/h1,4-5,7,9H,6,8H2,2H3,(H,18,19). The largest absolute Gasteiger partial charge is 0.480 e. The zero-order chi connectivity index (χ0) is 16.0. The van der Waals surface area contributed by atoms with Crippen molar-refractivity contribution in [2.24, 2.45) is 0 Å². The van der Waals surface area contributed by atoms with E-state index in [1.165, 1.54) is 19.1 Å². The van der Waals surface area contributed by atoms with Crippen LogP contribution in [0.25, 0.3) is 0 Å². The van der Waals surface area contributed by atoms with E-state index in [1.807, 2.05) is 0 Å². The second kappa shape index (κ2) is 7.77. The van der Waals surface area contributed by atoms with E-state index in [2.05, 4.69) is 5.92 Å². The zero-order valence-corrected chi connectivity index (χ0v) is 12.7. The third-order valence-corrected chi connectivity index (χ3v) is 3.00. The fourth-order valence-corrected chi connectivity index (χ4v) is 2.01. The summed E-state index contributed by atoms with van der Waals surface area (Å²) in [4.78, 5) is 23.9. The van der Waals surface area contributed by atoms with Gasteiger partial charge in [-0.1, -0.05) is 29.1 Å². The molecule has 1 atom stereocenters. The summed E-state index contributed by atoms with van der Waals surface area (Å²) in [6, 6.07) is 4.57. The number of hydrogen-bond donors (Lipinski definition) is 1.